The maximum absolute atomic E-state index is 13.0. The van der Waals surface area contributed by atoms with E-state index in [0.29, 0.717) is 11.5 Å². The van der Waals surface area contributed by atoms with Crippen LogP contribution in [0.5, 0.6) is 0 Å². The maximum Gasteiger partial charge on any atom is 0.183 e. The summed E-state index contributed by atoms with van der Waals surface area (Å²) < 4.78 is 31.5. The van der Waals surface area contributed by atoms with Gasteiger partial charge in [0, 0.05) is 12.5 Å². The lowest BCUT2D eigenvalue weighted by molar-refractivity contribution is 0.125. The predicted molar refractivity (Wildman–Crippen MR) is 90.0 cm³/mol. The van der Waals surface area contributed by atoms with Crippen molar-refractivity contribution in [2.24, 2.45) is 5.73 Å². The molecular weight excluding hydrogens is 310 g/mol. The minimum atomic E-state index is -3.51. The third-order valence-electron chi connectivity index (χ3n) is 4.42. The zero-order valence-electron chi connectivity index (χ0n) is 13.1. The van der Waals surface area contributed by atoms with Gasteiger partial charge in [0.05, 0.1) is 22.3 Å². The number of hydrogen-bond acceptors (Lipinski definition) is 4. The Morgan fingerprint density at radius 1 is 1.04 bits per heavy atom. The minimum Gasteiger partial charge on any atom is -0.380 e. The van der Waals surface area contributed by atoms with Crippen molar-refractivity contribution < 1.29 is 13.2 Å². The van der Waals surface area contributed by atoms with Crippen LogP contribution in [0.4, 0.5) is 0 Å². The van der Waals surface area contributed by atoms with Gasteiger partial charge in [-0.2, -0.15) is 0 Å². The summed E-state index contributed by atoms with van der Waals surface area (Å²) >= 11 is 0. The molecule has 1 saturated carbocycles. The first-order valence-electron chi connectivity index (χ1n) is 7.72. The lowest BCUT2D eigenvalue weighted by Gasteiger charge is -2.12. The van der Waals surface area contributed by atoms with Crippen LogP contribution in [0, 0.1) is 0 Å². The molecule has 0 unspecified atom stereocenters. The Balaban J connectivity index is 1.99. The Morgan fingerprint density at radius 3 is 2.17 bits per heavy atom. The van der Waals surface area contributed by atoms with E-state index in [-0.39, 0.29) is 12.5 Å². The first-order valence-corrected chi connectivity index (χ1v) is 9.27. The van der Waals surface area contributed by atoms with Gasteiger partial charge < -0.3 is 10.5 Å². The van der Waals surface area contributed by atoms with Crippen LogP contribution < -0.4 is 5.73 Å². The quantitative estimate of drug-likeness (QED) is 0.882. The molecule has 122 valence electrons. The standard InChI is InChI=1S/C18H21NO3S/c1-2-22-13-18(19)16(14-9-5-3-6-10-14)17(18)23(20,21)15-11-7-4-8-12-15/h3-12,16-17H,2,13,19H2,1H3/t16-,17+,18-/m0/s1. The second-order valence-electron chi connectivity index (χ2n) is 5.92. The molecule has 3 rings (SSSR count). The van der Waals surface area contributed by atoms with E-state index in [9.17, 15) is 8.42 Å². The monoisotopic (exact) mass is 331 g/mol. The molecule has 0 bridgehead atoms. The van der Waals surface area contributed by atoms with Gasteiger partial charge in [0.25, 0.3) is 0 Å². The average Bonchev–Trinajstić information content (AvgIpc) is 3.22. The normalized spacial score (nSPS) is 26.9. The molecule has 0 aliphatic heterocycles. The predicted octanol–water partition coefficient (Wildman–Crippen LogP) is 2.36. The van der Waals surface area contributed by atoms with Gasteiger partial charge in [-0.25, -0.2) is 8.42 Å². The summed E-state index contributed by atoms with van der Waals surface area (Å²) in [6, 6.07) is 18.1. The summed E-state index contributed by atoms with van der Waals surface area (Å²) in [6.45, 7) is 2.63. The van der Waals surface area contributed by atoms with Crippen molar-refractivity contribution in [1.82, 2.24) is 0 Å². The van der Waals surface area contributed by atoms with Crippen molar-refractivity contribution in [3.05, 3.63) is 66.2 Å². The van der Waals surface area contributed by atoms with E-state index in [1.54, 1.807) is 30.3 Å². The van der Waals surface area contributed by atoms with Crippen LogP contribution >= 0.6 is 0 Å². The first kappa shape index (κ1) is 16.2. The molecule has 2 aromatic carbocycles. The van der Waals surface area contributed by atoms with Gasteiger partial charge in [-0.15, -0.1) is 0 Å². The molecule has 2 aromatic rings. The second kappa shape index (κ2) is 6.07. The summed E-state index contributed by atoms with van der Waals surface area (Å²) in [6.07, 6.45) is 0. The van der Waals surface area contributed by atoms with Crippen molar-refractivity contribution in [2.45, 2.75) is 28.5 Å². The van der Waals surface area contributed by atoms with Crippen LogP contribution in [0.1, 0.15) is 18.4 Å². The van der Waals surface area contributed by atoms with E-state index in [2.05, 4.69) is 0 Å². The van der Waals surface area contributed by atoms with Crippen LogP contribution in [0.2, 0.25) is 0 Å². The molecule has 0 amide bonds. The Labute approximate surface area is 137 Å². The summed E-state index contributed by atoms with van der Waals surface area (Å²) in [5.41, 5.74) is 6.53. The van der Waals surface area contributed by atoms with Crippen molar-refractivity contribution in [3.63, 3.8) is 0 Å². The van der Waals surface area contributed by atoms with Crippen LogP contribution in [0.25, 0.3) is 0 Å². The molecule has 3 atom stereocenters. The number of rotatable bonds is 6. The van der Waals surface area contributed by atoms with Gasteiger partial charge in [0.15, 0.2) is 9.84 Å². The molecule has 5 heteroatoms. The zero-order chi connectivity index (χ0) is 16.5. The molecule has 0 aromatic heterocycles. The summed E-state index contributed by atoms with van der Waals surface area (Å²) in [7, 11) is -3.51. The summed E-state index contributed by atoms with van der Waals surface area (Å²) in [5.74, 6) is -0.250. The van der Waals surface area contributed by atoms with Crippen LogP contribution in [0.3, 0.4) is 0 Å². The van der Waals surface area contributed by atoms with Crippen LogP contribution in [-0.4, -0.2) is 32.4 Å². The average molecular weight is 331 g/mol. The Kier molecular flexibility index (Phi) is 4.27. The van der Waals surface area contributed by atoms with Crippen molar-refractivity contribution in [1.29, 1.82) is 0 Å². The highest BCUT2D eigenvalue weighted by molar-refractivity contribution is 7.92. The van der Waals surface area contributed by atoms with E-state index in [1.807, 2.05) is 37.3 Å². The number of sulfone groups is 1. The first-order chi connectivity index (χ1) is 11.0. The third-order valence-corrected chi connectivity index (χ3v) is 6.73. The van der Waals surface area contributed by atoms with Gasteiger partial charge in [-0.1, -0.05) is 48.5 Å². The summed E-state index contributed by atoms with van der Waals surface area (Å²) in [5, 5.41) is -0.661. The lowest BCUT2D eigenvalue weighted by Crippen LogP contribution is -2.36. The molecule has 2 N–H and O–H groups in total. The zero-order valence-corrected chi connectivity index (χ0v) is 13.9. The van der Waals surface area contributed by atoms with E-state index < -0.39 is 20.6 Å². The van der Waals surface area contributed by atoms with Crippen molar-refractivity contribution >= 4 is 9.84 Å². The van der Waals surface area contributed by atoms with Crippen LogP contribution in [-0.2, 0) is 14.6 Å². The van der Waals surface area contributed by atoms with Gasteiger partial charge in [-0.3, -0.25) is 0 Å². The number of benzene rings is 2. The fourth-order valence-corrected chi connectivity index (χ4v) is 5.56. The highest BCUT2D eigenvalue weighted by atomic mass is 32.2. The molecule has 0 spiro atoms. The second-order valence-corrected chi connectivity index (χ2v) is 7.99. The topological polar surface area (TPSA) is 69.4 Å². The molecule has 0 radical (unpaired) electrons. The molecule has 0 heterocycles. The maximum atomic E-state index is 13.0. The molecular formula is C18H21NO3S. The van der Waals surface area contributed by atoms with E-state index >= 15 is 0 Å². The smallest absolute Gasteiger partial charge is 0.183 e. The minimum absolute atomic E-state index is 0.236. The molecule has 1 aliphatic carbocycles. The molecule has 1 aliphatic rings. The van der Waals surface area contributed by atoms with Crippen molar-refractivity contribution in [3.8, 4) is 0 Å². The van der Waals surface area contributed by atoms with E-state index in [4.69, 9.17) is 10.5 Å². The number of hydrogen-bond donors (Lipinski definition) is 1. The number of nitrogens with two attached hydrogens (primary N) is 1. The van der Waals surface area contributed by atoms with Gasteiger partial charge in [0.1, 0.15) is 0 Å². The SMILES string of the molecule is CCOC[C@@]1(N)[C@H](S(=O)(=O)c2ccccc2)[C@@H]1c1ccccc1. The Morgan fingerprint density at radius 2 is 1.61 bits per heavy atom. The highest BCUT2D eigenvalue weighted by Crippen LogP contribution is 2.55. The van der Waals surface area contributed by atoms with Gasteiger partial charge in [0.2, 0.25) is 0 Å². The molecule has 1 fully saturated rings. The van der Waals surface area contributed by atoms with E-state index in [0.717, 1.165) is 5.56 Å². The Bertz CT molecular complexity index is 761. The number of ether oxygens (including phenoxy) is 1. The van der Waals surface area contributed by atoms with Gasteiger partial charge >= 0.3 is 0 Å². The fourth-order valence-electron chi connectivity index (χ4n) is 3.24. The third kappa shape index (κ3) is 2.80. The largest absolute Gasteiger partial charge is 0.380 e. The molecule has 23 heavy (non-hydrogen) atoms. The highest BCUT2D eigenvalue weighted by Gasteiger charge is 2.69. The fraction of sp³-hybridized carbons (Fsp3) is 0.333. The van der Waals surface area contributed by atoms with Crippen molar-refractivity contribution in [2.75, 3.05) is 13.2 Å². The molecule has 4 nitrogen and oxygen atoms in total. The van der Waals surface area contributed by atoms with Gasteiger partial charge in [-0.05, 0) is 24.6 Å². The molecule has 0 saturated heterocycles. The van der Waals surface area contributed by atoms with E-state index in [1.165, 1.54) is 0 Å². The van der Waals surface area contributed by atoms with Crippen LogP contribution in [0.15, 0.2) is 65.6 Å². The summed E-state index contributed by atoms with van der Waals surface area (Å²) in [4.78, 5) is 0.315. The Hall–Kier alpha value is -1.69. The lowest BCUT2D eigenvalue weighted by atomic mass is 10.1.